The molecule has 0 aliphatic rings. The zero-order valence-electron chi connectivity index (χ0n) is 14.6. The van der Waals surface area contributed by atoms with Crippen molar-refractivity contribution in [1.82, 2.24) is 5.32 Å². The quantitative estimate of drug-likeness (QED) is 0.584. The van der Waals surface area contributed by atoms with Gasteiger partial charge in [-0.15, -0.1) is 0 Å². The van der Waals surface area contributed by atoms with Gasteiger partial charge in [0.05, 0.1) is 24.8 Å². The second kappa shape index (κ2) is 8.76. The molecule has 0 aliphatic carbocycles. The number of hydrogen-bond donors (Lipinski definition) is 1. The highest BCUT2D eigenvalue weighted by Gasteiger charge is 2.16. The highest BCUT2D eigenvalue weighted by molar-refractivity contribution is 14.1. The van der Waals surface area contributed by atoms with E-state index in [-0.39, 0.29) is 18.1 Å². The molecule has 6 heteroatoms. The summed E-state index contributed by atoms with van der Waals surface area (Å²) in [7, 11) is 1.60. The van der Waals surface area contributed by atoms with Crippen molar-refractivity contribution in [2.75, 3.05) is 7.11 Å². The zero-order valence-corrected chi connectivity index (χ0v) is 17.5. The molecule has 0 aromatic heterocycles. The summed E-state index contributed by atoms with van der Waals surface area (Å²) in [6.07, 6.45) is 0.0591. The molecule has 4 nitrogen and oxygen atoms in total. The van der Waals surface area contributed by atoms with Crippen molar-refractivity contribution in [2.45, 2.75) is 32.9 Å². The first-order valence-corrected chi connectivity index (χ1v) is 9.38. The number of nitrogens with one attached hydrogen (secondary N) is 1. The van der Waals surface area contributed by atoms with Gasteiger partial charge in [0.2, 0.25) is 0 Å². The molecular formula is C19H21ClINO3. The molecule has 0 radical (unpaired) electrons. The van der Waals surface area contributed by atoms with E-state index in [1.807, 2.05) is 39.0 Å². The summed E-state index contributed by atoms with van der Waals surface area (Å²) in [5.41, 5.74) is 1.54. The summed E-state index contributed by atoms with van der Waals surface area (Å²) in [6, 6.07) is 10.7. The molecule has 25 heavy (non-hydrogen) atoms. The summed E-state index contributed by atoms with van der Waals surface area (Å²) in [6.45, 7) is 5.85. The molecule has 0 aliphatic heterocycles. The summed E-state index contributed by atoms with van der Waals surface area (Å²) < 4.78 is 11.9. The minimum absolute atomic E-state index is 0.0591. The molecule has 0 saturated carbocycles. The van der Waals surface area contributed by atoms with Crippen molar-refractivity contribution in [3.63, 3.8) is 0 Å². The third kappa shape index (κ3) is 5.25. The second-order valence-corrected chi connectivity index (χ2v) is 7.49. The Bertz CT molecular complexity index is 764. The van der Waals surface area contributed by atoms with Gasteiger partial charge in [0, 0.05) is 8.59 Å². The topological polar surface area (TPSA) is 47.6 Å². The van der Waals surface area contributed by atoms with Crippen LogP contribution in [0.25, 0.3) is 0 Å². The Labute approximate surface area is 167 Å². The normalized spacial score (nSPS) is 12.0. The number of carbonyl (C=O) groups is 1. The Hall–Kier alpha value is -1.47. The number of amides is 1. The van der Waals surface area contributed by atoms with E-state index in [2.05, 4.69) is 27.9 Å². The lowest BCUT2D eigenvalue weighted by Crippen LogP contribution is -2.27. The lowest BCUT2D eigenvalue weighted by atomic mass is 10.1. The third-order valence-electron chi connectivity index (χ3n) is 3.57. The molecular weight excluding hydrogens is 453 g/mol. The van der Waals surface area contributed by atoms with Gasteiger partial charge in [-0.2, -0.15) is 0 Å². The molecule has 0 bridgehead atoms. The monoisotopic (exact) mass is 473 g/mol. The SMILES string of the molecule is COc1cc(C(C)NC(=O)c2ccc(Cl)cc2I)ccc1OC(C)C. The molecule has 2 aromatic rings. The zero-order chi connectivity index (χ0) is 18.6. The third-order valence-corrected chi connectivity index (χ3v) is 4.70. The van der Waals surface area contributed by atoms with Crippen LogP contribution in [0.5, 0.6) is 11.5 Å². The first kappa shape index (κ1) is 19.8. The van der Waals surface area contributed by atoms with Gasteiger partial charge in [-0.25, -0.2) is 0 Å². The van der Waals surface area contributed by atoms with E-state index in [0.29, 0.717) is 22.1 Å². The number of rotatable bonds is 6. The molecule has 2 rings (SSSR count). The van der Waals surface area contributed by atoms with Crippen LogP contribution < -0.4 is 14.8 Å². The van der Waals surface area contributed by atoms with Gasteiger partial charge in [0.15, 0.2) is 11.5 Å². The number of hydrogen-bond acceptors (Lipinski definition) is 3. The van der Waals surface area contributed by atoms with Crippen LogP contribution >= 0.6 is 34.2 Å². The maximum absolute atomic E-state index is 12.5. The summed E-state index contributed by atoms with van der Waals surface area (Å²) in [4.78, 5) is 12.5. The largest absolute Gasteiger partial charge is 0.493 e. The molecule has 1 atom stereocenters. The van der Waals surface area contributed by atoms with Crippen LogP contribution in [0.3, 0.4) is 0 Å². The van der Waals surface area contributed by atoms with Crippen molar-refractivity contribution in [1.29, 1.82) is 0 Å². The minimum atomic E-state index is -0.180. The minimum Gasteiger partial charge on any atom is -0.493 e. The highest BCUT2D eigenvalue weighted by Crippen LogP contribution is 2.31. The number of methoxy groups -OCH3 is 1. The van der Waals surface area contributed by atoms with Gasteiger partial charge in [-0.05, 0) is 79.3 Å². The van der Waals surface area contributed by atoms with E-state index >= 15 is 0 Å². The average molecular weight is 474 g/mol. The first-order valence-electron chi connectivity index (χ1n) is 7.92. The van der Waals surface area contributed by atoms with Gasteiger partial charge in [-0.3, -0.25) is 4.79 Å². The Balaban J connectivity index is 2.17. The fourth-order valence-corrected chi connectivity index (χ4v) is 3.45. The van der Waals surface area contributed by atoms with Crippen molar-refractivity contribution in [2.24, 2.45) is 0 Å². The number of benzene rings is 2. The van der Waals surface area contributed by atoms with Gasteiger partial charge >= 0.3 is 0 Å². The maximum atomic E-state index is 12.5. The lowest BCUT2D eigenvalue weighted by Gasteiger charge is -2.18. The Morgan fingerprint density at radius 2 is 1.84 bits per heavy atom. The van der Waals surface area contributed by atoms with Crippen LogP contribution in [0.1, 0.15) is 42.7 Å². The number of carbonyl (C=O) groups excluding carboxylic acids is 1. The number of ether oxygens (including phenoxy) is 2. The van der Waals surface area contributed by atoms with Crippen LogP contribution in [0, 0.1) is 3.57 Å². The van der Waals surface area contributed by atoms with Crippen molar-refractivity contribution in [3.8, 4) is 11.5 Å². The van der Waals surface area contributed by atoms with Crippen molar-refractivity contribution in [3.05, 3.63) is 56.1 Å². The standard InChI is InChI=1S/C19H21ClINO3/c1-11(2)25-17-8-5-13(9-18(17)24-4)12(3)22-19(23)15-7-6-14(20)10-16(15)21/h5-12H,1-4H3,(H,22,23). The number of halogens is 2. The highest BCUT2D eigenvalue weighted by atomic mass is 127. The molecule has 0 saturated heterocycles. The molecule has 2 aromatic carbocycles. The summed E-state index contributed by atoms with van der Waals surface area (Å²) >= 11 is 8.05. The predicted molar refractivity (Wildman–Crippen MR) is 109 cm³/mol. The van der Waals surface area contributed by atoms with Gasteiger partial charge in [-0.1, -0.05) is 17.7 Å². The Morgan fingerprint density at radius 3 is 2.44 bits per heavy atom. The van der Waals surface area contributed by atoms with E-state index in [9.17, 15) is 4.79 Å². The second-order valence-electron chi connectivity index (χ2n) is 5.90. The predicted octanol–water partition coefficient (Wildman–Crippen LogP) is 5.23. The Morgan fingerprint density at radius 1 is 1.12 bits per heavy atom. The van der Waals surface area contributed by atoms with Crippen LogP contribution in [0.2, 0.25) is 5.02 Å². The van der Waals surface area contributed by atoms with E-state index < -0.39 is 0 Å². The van der Waals surface area contributed by atoms with Crippen molar-refractivity contribution >= 4 is 40.1 Å². The van der Waals surface area contributed by atoms with E-state index in [1.165, 1.54) is 0 Å². The fourth-order valence-electron chi connectivity index (χ4n) is 2.34. The van der Waals surface area contributed by atoms with Crippen molar-refractivity contribution < 1.29 is 14.3 Å². The van der Waals surface area contributed by atoms with Gasteiger partial charge < -0.3 is 14.8 Å². The molecule has 0 fully saturated rings. The van der Waals surface area contributed by atoms with Gasteiger partial charge in [0.25, 0.3) is 5.91 Å². The fraction of sp³-hybridized carbons (Fsp3) is 0.316. The van der Waals surface area contributed by atoms with Crippen LogP contribution in [-0.2, 0) is 0 Å². The van der Waals surface area contributed by atoms with Crippen LogP contribution in [0.15, 0.2) is 36.4 Å². The van der Waals surface area contributed by atoms with E-state index in [0.717, 1.165) is 9.13 Å². The van der Waals surface area contributed by atoms with Crippen LogP contribution in [0.4, 0.5) is 0 Å². The smallest absolute Gasteiger partial charge is 0.252 e. The van der Waals surface area contributed by atoms with Gasteiger partial charge in [0.1, 0.15) is 0 Å². The first-order chi connectivity index (χ1) is 11.8. The summed E-state index contributed by atoms with van der Waals surface area (Å²) in [5.74, 6) is 1.19. The molecule has 1 unspecified atom stereocenters. The Kier molecular flexibility index (Phi) is 6.95. The molecule has 1 amide bonds. The average Bonchev–Trinajstić information content (AvgIpc) is 2.54. The van der Waals surface area contributed by atoms with E-state index in [1.54, 1.807) is 25.3 Å². The van der Waals surface area contributed by atoms with Crippen LogP contribution in [-0.4, -0.2) is 19.1 Å². The maximum Gasteiger partial charge on any atom is 0.252 e. The molecule has 134 valence electrons. The summed E-state index contributed by atoms with van der Waals surface area (Å²) in [5, 5.41) is 3.61. The molecule has 0 spiro atoms. The van der Waals surface area contributed by atoms with E-state index in [4.69, 9.17) is 21.1 Å². The molecule has 0 heterocycles. The molecule has 1 N–H and O–H groups in total. The lowest BCUT2D eigenvalue weighted by molar-refractivity contribution is 0.0939.